The number of likely N-dealkylation sites (tertiary alicyclic amines) is 1. The van der Waals surface area contributed by atoms with Crippen molar-refractivity contribution in [2.45, 2.75) is 38.1 Å². The Morgan fingerprint density at radius 1 is 1.56 bits per heavy atom. The predicted octanol–water partition coefficient (Wildman–Crippen LogP) is 0.700. The second-order valence-electron chi connectivity index (χ2n) is 5.88. The molecule has 0 saturated carbocycles. The minimum Gasteiger partial charge on any atom is -0.370 e. The maximum Gasteiger partial charge on any atom is 0.0958 e. The summed E-state index contributed by atoms with van der Waals surface area (Å²) in [4.78, 5) is 7.30. The lowest BCUT2D eigenvalue weighted by Gasteiger charge is -2.62. The van der Waals surface area contributed by atoms with Crippen molar-refractivity contribution in [1.29, 1.82) is 0 Å². The number of ether oxygens (including phenoxy) is 1. The average Bonchev–Trinajstić information content (AvgIpc) is 2.38. The van der Waals surface area contributed by atoms with E-state index in [4.69, 9.17) is 9.72 Å². The van der Waals surface area contributed by atoms with Crippen molar-refractivity contribution < 1.29 is 4.74 Å². The van der Waals surface area contributed by atoms with Gasteiger partial charge in [0.15, 0.2) is 0 Å². The summed E-state index contributed by atoms with van der Waals surface area (Å²) < 4.78 is 5.61. The minimum absolute atomic E-state index is 0.151. The number of morpholine rings is 1. The third-order valence-corrected chi connectivity index (χ3v) is 4.58. The number of aromatic nitrogens is 1. The van der Waals surface area contributed by atoms with Gasteiger partial charge in [0, 0.05) is 38.3 Å². The molecule has 0 radical (unpaired) electrons. The van der Waals surface area contributed by atoms with E-state index in [0.717, 1.165) is 39.2 Å². The Balaban J connectivity index is 1.49. The van der Waals surface area contributed by atoms with Crippen LogP contribution in [0.2, 0.25) is 0 Å². The van der Waals surface area contributed by atoms with Crippen molar-refractivity contribution in [3.05, 3.63) is 29.1 Å². The van der Waals surface area contributed by atoms with Gasteiger partial charge in [-0.25, -0.2) is 0 Å². The van der Waals surface area contributed by atoms with Crippen LogP contribution >= 0.6 is 0 Å². The number of fused-ring (bicyclic) bond motifs is 2. The second-order valence-corrected chi connectivity index (χ2v) is 5.88. The van der Waals surface area contributed by atoms with Gasteiger partial charge in [0.2, 0.25) is 0 Å². The molecule has 4 nitrogen and oxygen atoms in total. The Morgan fingerprint density at radius 2 is 2.50 bits per heavy atom. The van der Waals surface area contributed by atoms with Crippen molar-refractivity contribution in [2.75, 3.05) is 19.7 Å². The van der Waals surface area contributed by atoms with Crippen LogP contribution in [0, 0.1) is 0 Å². The molecule has 0 aromatic carbocycles. The fourth-order valence-electron chi connectivity index (χ4n) is 3.33. The van der Waals surface area contributed by atoms with E-state index in [-0.39, 0.29) is 5.60 Å². The molecule has 3 aliphatic rings. The maximum absolute atomic E-state index is 5.61. The molecular formula is C14H19N3O. The van der Waals surface area contributed by atoms with Crippen molar-refractivity contribution in [3.8, 4) is 0 Å². The predicted molar refractivity (Wildman–Crippen MR) is 68.2 cm³/mol. The fourth-order valence-corrected chi connectivity index (χ4v) is 3.33. The number of pyridine rings is 1. The summed E-state index contributed by atoms with van der Waals surface area (Å²) in [6, 6.07) is 5.04. The first-order chi connectivity index (χ1) is 8.74. The molecule has 18 heavy (non-hydrogen) atoms. The summed E-state index contributed by atoms with van der Waals surface area (Å²) in [5, 5.41) is 3.38. The van der Waals surface area contributed by atoms with Crippen LogP contribution in [0.4, 0.5) is 0 Å². The Bertz CT molecular complexity index is 490. The van der Waals surface area contributed by atoms with Crippen molar-refractivity contribution in [1.82, 2.24) is 15.2 Å². The van der Waals surface area contributed by atoms with E-state index in [2.05, 4.69) is 29.3 Å². The summed E-state index contributed by atoms with van der Waals surface area (Å²) in [6.45, 7) is 7.17. The molecule has 1 aromatic rings. The SMILES string of the molecule is CC12CN(Cc3ccc4c(n3)CCNC4)C1CO2. The molecule has 1 aromatic heterocycles. The number of nitrogens with zero attached hydrogens (tertiary/aromatic N) is 2. The zero-order chi connectivity index (χ0) is 12.2. The molecule has 4 heterocycles. The van der Waals surface area contributed by atoms with Gasteiger partial charge in [-0.05, 0) is 18.6 Å². The smallest absolute Gasteiger partial charge is 0.0958 e. The third kappa shape index (κ3) is 1.53. The van der Waals surface area contributed by atoms with E-state index in [0.29, 0.717) is 6.04 Å². The van der Waals surface area contributed by atoms with Crippen LogP contribution in [0.3, 0.4) is 0 Å². The van der Waals surface area contributed by atoms with Crippen molar-refractivity contribution >= 4 is 0 Å². The monoisotopic (exact) mass is 245 g/mol. The highest BCUT2D eigenvalue weighted by Gasteiger charge is 2.57. The molecule has 0 spiro atoms. The molecular weight excluding hydrogens is 226 g/mol. The molecule has 2 saturated heterocycles. The van der Waals surface area contributed by atoms with Crippen LogP contribution in [0.25, 0.3) is 0 Å². The van der Waals surface area contributed by atoms with Crippen molar-refractivity contribution in [2.24, 2.45) is 0 Å². The van der Waals surface area contributed by atoms with E-state index in [1.54, 1.807) is 0 Å². The molecule has 4 heteroatoms. The largest absolute Gasteiger partial charge is 0.370 e. The zero-order valence-corrected chi connectivity index (χ0v) is 10.8. The quantitative estimate of drug-likeness (QED) is 0.832. The molecule has 96 valence electrons. The molecule has 0 amide bonds. The summed E-state index contributed by atoms with van der Waals surface area (Å²) in [5.74, 6) is 0. The number of hydrogen-bond donors (Lipinski definition) is 1. The Kier molecular flexibility index (Phi) is 2.28. The van der Waals surface area contributed by atoms with Gasteiger partial charge >= 0.3 is 0 Å². The highest BCUT2D eigenvalue weighted by Crippen LogP contribution is 2.41. The standard InChI is InChI=1S/C14H19N3O/c1-14-9-17(13(14)8-18-14)7-11-3-2-10-6-15-5-4-12(10)16-11/h2-3,13,15H,4-9H2,1H3. The van der Waals surface area contributed by atoms with Gasteiger partial charge < -0.3 is 10.1 Å². The molecule has 2 unspecified atom stereocenters. The van der Waals surface area contributed by atoms with Crippen LogP contribution < -0.4 is 5.32 Å². The highest BCUT2D eigenvalue weighted by atomic mass is 16.5. The molecule has 3 aliphatic heterocycles. The van der Waals surface area contributed by atoms with Gasteiger partial charge in [0.05, 0.1) is 23.9 Å². The first-order valence-corrected chi connectivity index (χ1v) is 6.81. The van der Waals surface area contributed by atoms with Gasteiger partial charge in [0.1, 0.15) is 0 Å². The minimum atomic E-state index is 0.151. The van der Waals surface area contributed by atoms with Crippen LogP contribution in [0.15, 0.2) is 12.1 Å². The van der Waals surface area contributed by atoms with E-state index in [1.807, 2.05) is 0 Å². The Morgan fingerprint density at radius 3 is 3.22 bits per heavy atom. The van der Waals surface area contributed by atoms with Gasteiger partial charge in [-0.1, -0.05) is 6.07 Å². The van der Waals surface area contributed by atoms with E-state index < -0.39 is 0 Å². The van der Waals surface area contributed by atoms with Crippen LogP contribution in [-0.2, 0) is 24.2 Å². The third-order valence-electron chi connectivity index (χ3n) is 4.58. The molecule has 2 atom stereocenters. The molecule has 4 rings (SSSR count). The molecule has 1 N–H and O–H groups in total. The first kappa shape index (κ1) is 10.9. The van der Waals surface area contributed by atoms with Crippen LogP contribution in [0.1, 0.15) is 23.9 Å². The number of nitrogens with one attached hydrogen (secondary N) is 1. The number of rotatable bonds is 2. The first-order valence-electron chi connectivity index (χ1n) is 6.81. The van der Waals surface area contributed by atoms with Crippen LogP contribution in [0.5, 0.6) is 0 Å². The lowest BCUT2D eigenvalue weighted by atomic mass is 9.80. The van der Waals surface area contributed by atoms with Gasteiger partial charge in [-0.3, -0.25) is 9.88 Å². The van der Waals surface area contributed by atoms with E-state index in [1.165, 1.54) is 17.0 Å². The molecule has 2 fully saturated rings. The fraction of sp³-hybridized carbons (Fsp3) is 0.643. The summed E-state index contributed by atoms with van der Waals surface area (Å²) in [5.41, 5.74) is 4.02. The lowest BCUT2D eigenvalue weighted by molar-refractivity contribution is -0.284. The lowest BCUT2D eigenvalue weighted by Crippen LogP contribution is -2.77. The average molecular weight is 245 g/mol. The summed E-state index contributed by atoms with van der Waals surface area (Å²) in [6.07, 6.45) is 1.06. The normalized spacial score (nSPS) is 34.2. The highest BCUT2D eigenvalue weighted by molar-refractivity contribution is 5.25. The second kappa shape index (κ2) is 3.76. The van der Waals surface area contributed by atoms with Gasteiger partial charge in [-0.15, -0.1) is 0 Å². The van der Waals surface area contributed by atoms with E-state index >= 15 is 0 Å². The topological polar surface area (TPSA) is 37.4 Å². The Hall–Kier alpha value is -0.970. The van der Waals surface area contributed by atoms with Gasteiger partial charge in [0.25, 0.3) is 0 Å². The van der Waals surface area contributed by atoms with E-state index in [9.17, 15) is 0 Å². The maximum atomic E-state index is 5.61. The van der Waals surface area contributed by atoms with Crippen LogP contribution in [-0.4, -0.2) is 41.2 Å². The molecule has 0 aliphatic carbocycles. The zero-order valence-electron chi connectivity index (χ0n) is 10.8. The number of hydrogen-bond acceptors (Lipinski definition) is 4. The van der Waals surface area contributed by atoms with Gasteiger partial charge in [-0.2, -0.15) is 0 Å². The summed E-state index contributed by atoms with van der Waals surface area (Å²) >= 11 is 0. The summed E-state index contributed by atoms with van der Waals surface area (Å²) in [7, 11) is 0. The Labute approximate surface area is 107 Å². The van der Waals surface area contributed by atoms with Crippen molar-refractivity contribution in [3.63, 3.8) is 0 Å². The molecule has 0 bridgehead atoms.